The van der Waals surface area contributed by atoms with Crippen LogP contribution >= 0.6 is 23.5 Å². The van der Waals surface area contributed by atoms with Crippen molar-refractivity contribution in [2.24, 2.45) is 0 Å². The molecular formula is C23H32F4N2O6S2. The highest BCUT2D eigenvalue weighted by molar-refractivity contribution is 8.00. The second-order valence-corrected chi connectivity index (χ2v) is 10.1. The summed E-state index contributed by atoms with van der Waals surface area (Å²) in [4.78, 5) is 36.7. The van der Waals surface area contributed by atoms with Crippen LogP contribution in [0.3, 0.4) is 0 Å². The van der Waals surface area contributed by atoms with Gasteiger partial charge in [0.2, 0.25) is 29.2 Å². The van der Waals surface area contributed by atoms with E-state index in [1.807, 2.05) is 13.8 Å². The highest BCUT2D eigenvalue weighted by Gasteiger charge is 2.24. The summed E-state index contributed by atoms with van der Waals surface area (Å²) in [5.41, 5.74) is -0.427. The largest absolute Gasteiger partial charge is 0.420 e. The van der Waals surface area contributed by atoms with Gasteiger partial charge < -0.3 is 24.8 Å². The van der Waals surface area contributed by atoms with Crippen LogP contribution in [0.2, 0.25) is 0 Å². The lowest BCUT2D eigenvalue weighted by molar-refractivity contribution is -0.135. The minimum absolute atomic E-state index is 0.00588. The summed E-state index contributed by atoms with van der Waals surface area (Å²) in [6.45, 7) is 8.15. The minimum atomic E-state index is -1.84. The number of amides is 2. The number of benzene rings is 1. The maximum atomic E-state index is 13.8. The van der Waals surface area contributed by atoms with Crippen molar-refractivity contribution in [2.75, 3.05) is 31.3 Å². The molecule has 1 rings (SSSR count). The van der Waals surface area contributed by atoms with Gasteiger partial charge in [0.1, 0.15) is 10.9 Å². The van der Waals surface area contributed by atoms with Crippen molar-refractivity contribution in [3.8, 4) is 5.75 Å². The van der Waals surface area contributed by atoms with Crippen molar-refractivity contribution in [3.63, 3.8) is 0 Å². The van der Waals surface area contributed by atoms with Gasteiger partial charge in [-0.25, -0.2) is 8.78 Å². The smallest absolute Gasteiger partial charge is 0.311 e. The Balaban J connectivity index is 2.74. The van der Waals surface area contributed by atoms with Crippen LogP contribution in [0, 0.1) is 23.3 Å². The fourth-order valence-electron chi connectivity index (χ4n) is 2.83. The maximum absolute atomic E-state index is 13.8. The Morgan fingerprint density at radius 3 is 1.92 bits per heavy atom. The average molecular weight is 573 g/mol. The predicted octanol–water partition coefficient (Wildman–Crippen LogP) is 3.76. The summed E-state index contributed by atoms with van der Waals surface area (Å²) in [6.07, 6.45) is -0.573. The molecule has 37 heavy (non-hydrogen) atoms. The summed E-state index contributed by atoms with van der Waals surface area (Å²) < 4.78 is 69.5. The zero-order valence-corrected chi connectivity index (χ0v) is 22.7. The Kier molecular flexibility index (Phi) is 15.6. The molecule has 0 aliphatic heterocycles. The molecular weight excluding hydrogens is 540 g/mol. The molecule has 2 amide bonds. The van der Waals surface area contributed by atoms with Crippen LogP contribution < -0.4 is 15.4 Å². The Bertz CT molecular complexity index is 886. The molecule has 0 bridgehead atoms. The van der Waals surface area contributed by atoms with Crippen LogP contribution in [0.15, 0.2) is 6.07 Å². The number of thioether (sulfide) groups is 2. The molecule has 1 aromatic rings. The van der Waals surface area contributed by atoms with E-state index < -0.39 is 53.4 Å². The van der Waals surface area contributed by atoms with Gasteiger partial charge in [-0.15, -0.1) is 23.5 Å². The number of halogens is 4. The van der Waals surface area contributed by atoms with Crippen molar-refractivity contribution < 1.29 is 46.2 Å². The molecule has 2 N–H and O–H groups in total. The van der Waals surface area contributed by atoms with Crippen LogP contribution in [0.25, 0.3) is 0 Å². The number of ether oxygens (including phenoxy) is 3. The van der Waals surface area contributed by atoms with E-state index in [1.165, 1.54) is 23.5 Å². The Hall–Kier alpha value is -2.03. The van der Waals surface area contributed by atoms with Gasteiger partial charge in [0.25, 0.3) is 0 Å². The van der Waals surface area contributed by atoms with Crippen LogP contribution in [-0.2, 0) is 23.9 Å². The number of rotatable bonds is 17. The van der Waals surface area contributed by atoms with Crippen molar-refractivity contribution >= 4 is 41.3 Å². The molecule has 0 fully saturated rings. The van der Waals surface area contributed by atoms with Gasteiger partial charge in [-0.3, -0.25) is 14.4 Å². The van der Waals surface area contributed by atoms with Crippen LogP contribution in [0.4, 0.5) is 17.6 Å². The number of carbonyl (C=O) groups excluding carboxylic acids is 3. The van der Waals surface area contributed by atoms with Crippen molar-refractivity contribution in [1.29, 1.82) is 0 Å². The number of carbonyl (C=O) groups is 3. The highest BCUT2D eigenvalue weighted by Crippen LogP contribution is 2.27. The summed E-state index contributed by atoms with van der Waals surface area (Å²) in [6, 6.07) is -0.756. The number of hydrogen-bond acceptors (Lipinski definition) is 8. The molecule has 0 saturated heterocycles. The Labute approximate surface area is 221 Å². The minimum Gasteiger partial charge on any atom is -0.420 e. The first kappa shape index (κ1) is 33.0. The molecule has 210 valence electrons. The maximum Gasteiger partial charge on any atom is 0.311 e. The summed E-state index contributed by atoms with van der Waals surface area (Å²) in [5.74, 6) is -10.4. The summed E-state index contributed by atoms with van der Waals surface area (Å²) >= 11 is 2.51. The van der Waals surface area contributed by atoms with Gasteiger partial charge in [0.05, 0.1) is 11.5 Å². The van der Waals surface area contributed by atoms with E-state index >= 15 is 0 Å². The third-order valence-electron chi connectivity index (χ3n) is 4.60. The quantitative estimate of drug-likeness (QED) is 0.0957. The Morgan fingerprint density at radius 1 is 0.892 bits per heavy atom. The number of esters is 1. The number of hydrogen-bond donors (Lipinski definition) is 2. The first-order valence-corrected chi connectivity index (χ1v) is 13.6. The summed E-state index contributed by atoms with van der Waals surface area (Å²) in [5, 5.41) is 5.32. The Morgan fingerprint density at radius 2 is 1.41 bits per heavy atom. The molecule has 3 atom stereocenters. The molecule has 0 aliphatic carbocycles. The molecule has 14 heteroatoms. The van der Waals surface area contributed by atoms with Crippen molar-refractivity contribution in [2.45, 2.75) is 57.5 Å². The topological polar surface area (TPSA) is 103 Å². The van der Waals surface area contributed by atoms with E-state index in [1.54, 1.807) is 13.8 Å². The SMILES string of the molecule is CCOC(C)SCC(=O)NCC(CCC(=O)Oc1c(F)c(F)cc(F)c1F)NC(=O)CSC(C)OCC. The van der Waals surface area contributed by atoms with E-state index in [2.05, 4.69) is 15.4 Å². The monoisotopic (exact) mass is 572 g/mol. The summed E-state index contributed by atoms with van der Waals surface area (Å²) in [7, 11) is 0. The van der Waals surface area contributed by atoms with E-state index in [0.29, 0.717) is 13.2 Å². The first-order valence-electron chi connectivity index (χ1n) is 11.5. The molecule has 8 nitrogen and oxygen atoms in total. The molecule has 0 spiro atoms. The van der Waals surface area contributed by atoms with E-state index in [9.17, 15) is 31.9 Å². The highest BCUT2D eigenvalue weighted by atomic mass is 32.2. The second-order valence-electron chi connectivity index (χ2n) is 7.55. The number of nitrogens with one attached hydrogen (secondary N) is 2. The fraction of sp³-hybridized carbons (Fsp3) is 0.609. The van der Waals surface area contributed by atoms with Gasteiger partial charge >= 0.3 is 5.97 Å². The van der Waals surface area contributed by atoms with Crippen molar-refractivity contribution in [1.82, 2.24) is 10.6 Å². The lowest BCUT2D eigenvalue weighted by atomic mass is 10.1. The molecule has 0 heterocycles. The van der Waals surface area contributed by atoms with Gasteiger partial charge in [-0.05, 0) is 34.1 Å². The second kappa shape index (κ2) is 17.5. The molecule has 0 radical (unpaired) electrons. The molecule has 0 aromatic heterocycles. The van der Waals surface area contributed by atoms with Crippen molar-refractivity contribution in [3.05, 3.63) is 29.3 Å². The predicted molar refractivity (Wildman–Crippen MR) is 133 cm³/mol. The van der Waals surface area contributed by atoms with E-state index in [-0.39, 0.29) is 47.3 Å². The van der Waals surface area contributed by atoms with Crippen LogP contribution in [-0.4, -0.2) is 66.0 Å². The molecule has 0 aliphatic rings. The van der Waals surface area contributed by atoms with Crippen LogP contribution in [0.1, 0.15) is 40.5 Å². The average Bonchev–Trinajstić information content (AvgIpc) is 2.84. The zero-order chi connectivity index (χ0) is 28.0. The standard InChI is InChI=1S/C23H32F4N2O6S2/c1-5-33-13(3)36-11-18(30)28-10-15(29-19(31)12-37-14(4)34-6-2)7-8-20(32)35-23-21(26)16(24)9-17(25)22(23)27/h9,13-15H,5-8,10-12H2,1-4H3,(H,28,30)(H,29,31). The normalized spacial score (nSPS) is 13.5. The van der Waals surface area contributed by atoms with Gasteiger partial charge in [0.15, 0.2) is 11.6 Å². The van der Waals surface area contributed by atoms with Gasteiger partial charge in [-0.1, -0.05) is 0 Å². The lowest BCUT2D eigenvalue weighted by Crippen LogP contribution is -2.45. The fourth-order valence-corrected chi connectivity index (χ4v) is 4.25. The van der Waals surface area contributed by atoms with E-state index in [0.717, 1.165) is 0 Å². The van der Waals surface area contributed by atoms with Gasteiger partial charge in [-0.2, -0.15) is 8.78 Å². The zero-order valence-electron chi connectivity index (χ0n) is 21.0. The van der Waals surface area contributed by atoms with Crippen LogP contribution in [0.5, 0.6) is 5.75 Å². The molecule has 3 unspecified atom stereocenters. The lowest BCUT2D eigenvalue weighted by Gasteiger charge is -2.20. The molecule has 1 aromatic carbocycles. The first-order chi connectivity index (χ1) is 17.5. The third-order valence-corrected chi connectivity index (χ3v) is 6.66. The van der Waals surface area contributed by atoms with E-state index in [4.69, 9.17) is 9.47 Å². The molecule has 0 saturated carbocycles. The third kappa shape index (κ3) is 12.9. The van der Waals surface area contributed by atoms with Gasteiger partial charge in [0, 0.05) is 38.3 Å².